The van der Waals surface area contributed by atoms with Crippen molar-refractivity contribution in [2.75, 3.05) is 0 Å². The van der Waals surface area contributed by atoms with Gasteiger partial charge in [-0.25, -0.2) is 4.98 Å². The van der Waals surface area contributed by atoms with Gasteiger partial charge in [0.1, 0.15) is 5.69 Å². The number of rotatable bonds is 1. The van der Waals surface area contributed by atoms with E-state index in [2.05, 4.69) is 4.98 Å². The lowest BCUT2D eigenvalue weighted by molar-refractivity contribution is -0.141. The fourth-order valence-corrected chi connectivity index (χ4v) is 3.52. The van der Waals surface area contributed by atoms with Gasteiger partial charge in [0.15, 0.2) is 0 Å². The van der Waals surface area contributed by atoms with Gasteiger partial charge in [-0.1, -0.05) is 11.6 Å². The highest BCUT2D eigenvalue weighted by molar-refractivity contribution is 6.31. The van der Waals surface area contributed by atoms with Crippen LogP contribution in [0, 0.1) is 0 Å². The zero-order valence-corrected chi connectivity index (χ0v) is 13.1. The number of hydrogen-bond donors (Lipinski definition) is 2. The summed E-state index contributed by atoms with van der Waals surface area (Å²) >= 11 is 6.02. The molecule has 1 saturated carbocycles. The first-order valence-electron chi connectivity index (χ1n) is 7.41. The van der Waals surface area contributed by atoms with Crippen molar-refractivity contribution in [3.05, 3.63) is 40.5 Å². The lowest BCUT2D eigenvalue weighted by atomic mass is 9.74. The average molecular weight is 344 g/mol. The van der Waals surface area contributed by atoms with Gasteiger partial charge in [0, 0.05) is 22.0 Å². The molecule has 124 valence electrons. The summed E-state index contributed by atoms with van der Waals surface area (Å²) in [4.78, 5) is 3.72. The van der Waals surface area contributed by atoms with Gasteiger partial charge in [-0.05, 0) is 55.5 Å². The Labute approximate surface area is 136 Å². The van der Waals surface area contributed by atoms with Crippen LogP contribution in [-0.2, 0) is 11.7 Å². The van der Waals surface area contributed by atoms with Crippen molar-refractivity contribution in [1.82, 2.24) is 4.98 Å². The lowest BCUT2D eigenvalue weighted by Gasteiger charge is -2.38. The molecule has 0 radical (unpaired) electrons. The molecular formula is C16H17ClF3N3. The molecule has 3 nitrogen and oxygen atoms in total. The minimum Gasteiger partial charge on any atom is -0.328 e. The second kappa shape index (κ2) is 5.61. The molecule has 4 N–H and O–H groups in total. The molecule has 1 aliphatic carbocycles. The van der Waals surface area contributed by atoms with Gasteiger partial charge >= 0.3 is 6.18 Å². The van der Waals surface area contributed by atoms with Crippen molar-refractivity contribution < 1.29 is 13.2 Å². The number of nitrogens with two attached hydrogens (primary N) is 2. The van der Waals surface area contributed by atoms with E-state index in [0.717, 1.165) is 18.9 Å². The summed E-state index contributed by atoms with van der Waals surface area (Å²) in [5.41, 5.74) is 11.3. The zero-order valence-electron chi connectivity index (χ0n) is 12.3. The molecule has 1 aliphatic rings. The predicted molar refractivity (Wildman–Crippen MR) is 84.1 cm³/mol. The average Bonchev–Trinajstić information content (AvgIpc) is 2.44. The molecule has 0 spiro atoms. The molecule has 1 heterocycles. The minimum absolute atomic E-state index is 0.120. The van der Waals surface area contributed by atoms with E-state index in [-0.39, 0.29) is 11.6 Å². The van der Waals surface area contributed by atoms with Crippen LogP contribution < -0.4 is 11.5 Å². The second-order valence-corrected chi connectivity index (χ2v) is 6.66. The highest BCUT2D eigenvalue weighted by Crippen LogP contribution is 2.40. The first-order chi connectivity index (χ1) is 10.7. The van der Waals surface area contributed by atoms with Crippen LogP contribution in [0.4, 0.5) is 13.2 Å². The predicted octanol–water partition coefficient (Wildman–Crippen LogP) is 3.96. The molecular weight excluding hydrogens is 327 g/mol. The molecule has 0 amide bonds. The molecule has 23 heavy (non-hydrogen) atoms. The van der Waals surface area contributed by atoms with Crippen LogP contribution >= 0.6 is 11.6 Å². The van der Waals surface area contributed by atoms with Crippen LogP contribution in [0.3, 0.4) is 0 Å². The van der Waals surface area contributed by atoms with Gasteiger partial charge in [-0.3, -0.25) is 0 Å². The molecule has 2 unspecified atom stereocenters. The van der Waals surface area contributed by atoms with Gasteiger partial charge in [-0.2, -0.15) is 13.2 Å². The highest BCUT2D eigenvalue weighted by Gasteiger charge is 2.38. The monoisotopic (exact) mass is 343 g/mol. The Kier molecular flexibility index (Phi) is 4.02. The van der Waals surface area contributed by atoms with Crippen LogP contribution in [0.5, 0.6) is 0 Å². The standard InChI is InChI=1S/C16H17ClF3N3/c17-9-3-4-13-11(6-9)12(7-14(23-13)16(18,19)20)15(22)5-1-2-10(21)8-15/h3-4,6-7,10H,1-2,5,8,21-22H2. The Morgan fingerprint density at radius 2 is 2.00 bits per heavy atom. The number of nitrogens with zero attached hydrogens (tertiary/aromatic N) is 1. The van der Waals surface area contributed by atoms with Crippen molar-refractivity contribution in [1.29, 1.82) is 0 Å². The molecule has 0 saturated heterocycles. The summed E-state index contributed by atoms with van der Waals surface area (Å²) in [6.45, 7) is 0. The molecule has 0 aliphatic heterocycles. The summed E-state index contributed by atoms with van der Waals surface area (Å²) < 4.78 is 39.6. The molecule has 1 aromatic carbocycles. The van der Waals surface area contributed by atoms with E-state index in [1.807, 2.05) is 0 Å². The number of aromatic nitrogens is 1. The van der Waals surface area contributed by atoms with Crippen LogP contribution in [0.1, 0.15) is 36.9 Å². The number of fused-ring (bicyclic) bond motifs is 1. The summed E-state index contributed by atoms with van der Waals surface area (Å²) in [6, 6.07) is 5.56. The Hall–Kier alpha value is -1.37. The number of alkyl halides is 3. The number of halogens is 4. The second-order valence-electron chi connectivity index (χ2n) is 6.23. The van der Waals surface area contributed by atoms with E-state index in [1.54, 1.807) is 6.07 Å². The summed E-state index contributed by atoms with van der Waals surface area (Å²) in [6.07, 6.45) is -1.90. The molecule has 0 bridgehead atoms. The van der Waals surface area contributed by atoms with E-state index in [9.17, 15) is 13.2 Å². The van der Waals surface area contributed by atoms with E-state index in [4.69, 9.17) is 23.1 Å². The molecule has 3 rings (SSSR count). The van der Waals surface area contributed by atoms with Gasteiger partial charge < -0.3 is 11.5 Å². The Morgan fingerprint density at radius 1 is 1.26 bits per heavy atom. The molecule has 1 aromatic heterocycles. The zero-order chi connectivity index (χ0) is 16.8. The van der Waals surface area contributed by atoms with E-state index in [1.165, 1.54) is 12.1 Å². The molecule has 1 fully saturated rings. The Balaban J connectivity index is 2.26. The number of benzene rings is 1. The quantitative estimate of drug-likeness (QED) is 0.823. The summed E-state index contributed by atoms with van der Waals surface area (Å²) in [5, 5.41) is 0.992. The summed E-state index contributed by atoms with van der Waals surface area (Å²) in [7, 11) is 0. The van der Waals surface area contributed by atoms with Gasteiger partial charge in [0.2, 0.25) is 0 Å². The highest BCUT2D eigenvalue weighted by atomic mass is 35.5. The van der Waals surface area contributed by atoms with Crippen molar-refractivity contribution >= 4 is 22.5 Å². The van der Waals surface area contributed by atoms with Crippen molar-refractivity contribution in [2.24, 2.45) is 11.5 Å². The lowest BCUT2D eigenvalue weighted by Crippen LogP contribution is -2.46. The normalized spacial score (nSPS) is 25.7. The molecule has 7 heteroatoms. The smallest absolute Gasteiger partial charge is 0.328 e. The van der Waals surface area contributed by atoms with Crippen LogP contribution in [0.2, 0.25) is 5.02 Å². The third-order valence-electron chi connectivity index (χ3n) is 4.42. The SMILES string of the molecule is NC1CCCC(N)(c2cc(C(F)(F)F)nc3ccc(Cl)cc23)C1. The van der Waals surface area contributed by atoms with E-state index < -0.39 is 17.4 Å². The largest absolute Gasteiger partial charge is 0.433 e. The summed E-state index contributed by atoms with van der Waals surface area (Å²) in [5.74, 6) is 0. The topological polar surface area (TPSA) is 64.9 Å². The van der Waals surface area contributed by atoms with Crippen LogP contribution in [0.15, 0.2) is 24.3 Å². The van der Waals surface area contributed by atoms with Gasteiger partial charge in [-0.15, -0.1) is 0 Å². The van der Waals surface area contributed by atoms with E-state index >= 15 is 0 Å². The van der Waals surface area contributed by atoms with Crippen LogP contribution in [0.25, 0.3) is 10.9 Å². The maximum absolute atomic E-state index is 13.2. The number of hydrogen-bond acceptors (Lipinski definition) is 3. The Morgan fingerprint density at radius 3 is 2.65 bits per heavy atom. The van der Waals surface area contributed by atoms with Gasteiger partial charge in [0.25, 0.3) is 0 Å². The van der Waals surface area contributed by atoms with Crippen LogP contribution in [-0.4, -0.2) is 11.0 Å². The maximum atomic E-state index is 13.2. The molecule has 2 aromatic rings. The van der Waals surface area contributed by atoms with E-state index in [0.29, 0.717) is 28.8 Å². The fraction of sp³-hybridized carbons (Fsp3) is 0.438. The third-order valence-corrected chi connectivity index (χ3v) is 4.66. The van der Waals surface area contributed by atoms with Crippen molar-refractivity contribution in [3.63, 3.8) is 0 Å². The fourth-order valence-electron chi connectivity index (χ4n) is 3.35. The third kappa shape index (κ3) is 3.16. The maximum Gasteiger partial charge on any atom is 0.433 e. The van der Waals surface area contributed by atoms with Crippen molar-refractivity contribution in [2.45, 2.75) is 43.4 Å². The molecule has 2 atom stereocenters. The van der Waals surface area contributed by atoms with Gasteiger partial charge in [0.05, 0.1) is 5.52 Å². The first-order valence-corrected chi connectivity index (χ1v) is 7.79. The number of pyridine rings is 1. The first kappa shape index (κ1) is 16.5. The minimum atomic E-state index is -4.53. The Bertz CT molecular complexity index is 747. The van der Waals surface area contributed by atoms with Crippen molar-refractivity contribution in [3.8, 4) is 0 Å².